The van der Waals surface area contributed by atoms with Crippen molar-refractivity contribution >= 4 is 38.6 Å². The van der Waals surface area contributed by atoms with Crippen LogP contribution < -0.4 is 4.72 Å². The van der Waals surface area contributed by atoms with Crippen LogP contribution in [0.15, 0.2) is 10.3 Å². The first-order chi connectivity index (χ1) is 9.71. The molecule has 0 fully saturated rings. The minimum absolute atomic E-state index is 0.0577. The Kier molecular flexibility index (Phi) is 6.11. The Morgan fingerprint density at radius 3 is 2.43 bits per heavy atom. The third kappa shape index (κ3) is 4.13. The Bertz CT molecular complexity index is 602. The monoisotopic (exact) mass is 356 g/mol. The predicted octanol–water partition coefficient (Wildman–Crippen LogP) is 2.39. The van der Waals surface area contributed by atoms with E-state index in [1.165, 1.54) is 0 Å². The smallest absolute Gasteiger partial charge is 0.300 e. The van der Waals surface area contributed by atoms with E-state index < -0.39 is 26.0 Å². The summed E-state index contributed by atoms with van der Waals surface area (Å²) in [4.78, 5) is 9.97. The number of sulfonamides is 1. The fraction of sp³-hybridized carbons (Fsp3) is 0.636. The normalized spacial score (nSPS) is 12.6. The summed E-state index contributed by atoms with van der Waals surface area (Å²) < 4.78 is 26.3. The molecule has 0 atom stereocenters. The van der Waals surface area contributed by atoms with Crippen LogP contribution in [0.4, 0.5) is 5.69 Å². The molecular formula is C11H17ClN2O5S2. The molecule has 0 aliphatic carbocycles. The predicted molar refractivity (Wildman–Crippen MR) is 81.3 cm³/mol. The molecule has 0 bridgehead atoms. The lowest BCUT2D eigenvalue weighted by atomic mass is 9.84. The van der Waals surface area contributed by atoms with Crippen molar-refractivity contribution in [3.8, 4) is 0 Å². The number of rotatable bonds is 8. The van der Waals surface area contributed by atoms with E-state index in [4.69, 9.17) is 11.6 Å². The number of nitrogens with zero attached hydrogens (tertiary/aromatic N) is 1. The highest BCUT2D eigenvalue weighted by Gasteiger charge is 2.30. The van der Waals surface area contributed by atoms with Gasteiger partial charge in [0.2, 0.25) is 10.0 Å². The van der Waals surface area contributed by atoms with Crippen LogP contribution in [0.25, 0.3) is 0 Å². The van der Waals surface area contributed by atoms with Crippen LogP contribution in [0.1, 0.15) is 26.7 Å². The Labute approximate surface area is 132 Å². The van der Waals surface area contributed by atoms with Gasteiger partial charge in [0.15, 0.2) is 4.34 Å². The minimum Gasteiger partial charge on any atom is -0.396 e. The average Bonchev–Trinajstić information content (AvgIpc) is 2.84. The highest BCUT2D eigenvalue weighted by atomic mass is 35.5. The SMILES string of the molecule is CCC(CC)(CO)CNS(=O)(=O)c1cc([N+](=O)[O-])c(Cl)s1. The van der Waals surface area contributed by atoms with E-state index in [9.17, 15) is 23.6 Å². The molecule has 1 aromatic rings. The summed E-state index contributed by atoms with van der Waals surface area (Å²) in [7, 11) is -3.89. The van der Waals surface area contributed by atoms with E-state index >= 15 is 0 Å². The Balaban J connectivity index is 2.97. The first kappa shape index (κ1) is 18.3. The lowest BCUT2D eigenvalue weighted by Gasteiger charge is -2.29. The van der Waals surface area contributed by atoms with E-state index in [0.29, 0.717) is 24.2 Å². The van der Waals surface area contributed by atoms with Crippen molar-refractivity contribution in [1.82, 2.24) is 4.72 Å². The molecule has 0 saturated heterocycles. The summed E-state index contributed by atoms with van der Waals surface area (Å²) in [6.45, 7) is 3.64. The molecule has 0 amide bonds. The number of aliphatic hydroxyl groups is 1. The molecule has 21 heavy (non-hydrogen) atoms. The molecule has 0 aliphatic rings. The molecule has 120 valence electrons. The van der Waals surface area contributed by atoms with E-state index in [0.717, 1.165) is 6.07 Å². The molecule has 2 N–H and O–H groups in total. The Morgan fingerprint density at radius 2 is 2.05 bits per heavy atom. The quantitative estimate of drug-likeness (QED) is 0.549. The lowest BCUT2D eigenvalue weighted by molar-refractivity contribution is -0.384. The third-order valence-corrected chi connectivity index (χ3v) is 6.79. The van der Waals surface area contributed by atoms with Crippen molar-refractivity contribution in [1.29, 1.82) is 0 Å². The molecule has 0 saturated carbocycles. The summed E-state index contributed by atoms with van der Waals surface area (Å²) in [5.74, 6) is 0. The van der Waals surface area contributed by atoms with Gasteiger partial charge in [-0.2, -0.15) is 0 Å². The van der Waals surface area contributed by atoms with Crippen molar-refractivity contribution in [2.24, 2.45) is 5.41 Å². The van der Waals surface area contributed by atoms with Gasteiger partial charge < -0.3 is 5.11 Å². The van der Waals surface area contributed by atoms with Crippen LogP contribution in [0.3, 0.4) is 0 Å². The van der Waals surface area contributed by atoms with Crippen molar-refractivity contribution < 1.29 is 18.4 Å². The van der Waals surface area contributed by atoms with E-state index in [1.54, 1.807) is 0 Å². The maximum absolute atomic E-state index is 12.2. The van der Waals surface area contributed by atoms with Crippen LogP contribution in [-0.4, -0.2) is 31.6 Å². The van der Waals surface area contributed by atoms with Gasteiger partial charge in [-0.25, -0.2) is 13.1 Å². The maximum Gasteiger partial charge on any atom is 0.300 e. The summed E-state index contributed by atoms with van der Waals surface area (Å²) in [6, 6.07) is 0.938. The van der Waals surface area contributed by atoms with Gasteiger partial charge in [-0.1, -0.05) is 25.4 Å². The molecule has 0 unspecified atom stereocenters. The highest BCUT2D eigenvalue weighted by Crippen LogP contribution is 2.36. The number of nitro groups is 1. The standard InChI is InChI=1S/C11H17ClN2O5S2/c1-3-11(4-2,7-15)6-13-21(18,19)9-5-8(14(16)17)10(12)20-9/h5,13,15H,3-4,6-7H2,1-2H3. The van der Waals surface area contributed by atoms with Gasteiger partial charge in [-0.3, -0.25) is 10.1 Å². The molecule has 0 aromatic carbocycles. The summed E-state index contributed by atoms with van der Waals surface area (Å²) in [6.07, 6.45) is 1.21. The van der Waals surface area contributed by atoms with E-state index in [1.807, 2.05) is 13.8 Å². The summed E-state index contributed by atoms with van der Waals surface area (Å²) in [5.41, 5.74) is -0.971. The zero-order chi connectivity index (χ0) is 16.3. The maximum atomic E-state index is 12.2. The van der Waals surface area contributed by atoms with Crippen molar-refractivity contribution in [3.05, 3.63) is 20.5 Å². The van der Waals surface area contributed by atoms with Gasteiger partial charge in [0.1, 0.15) is 4.21 Å². The van der Waals surface area contributed by atoms with Crippen molar-refractivity contribution in [2.75, 3.05) is 13.2 Å². The molecule has 1 heterocycles. The van der Waals surface area contributed by atoms with Gasteiger partial charge in [0, 0.05) is 24.6 Å². The second-order valence-corrected chi connectivity index (χ2v) is 8.32. The largest absolute Gasteiger partial charge is 0.396 e. The molecular weight excluding hydrogens is 340 g/mol. The van der Waals surface area contributed by atoms with Crippen LogP contribution >= 0.6 is 22.9 Å². The third-order valence-electron chi connectivity index (χ3n) is 3.58. The molecule has 0 radical (unpaired) electrons. The van der Waals surface area contributed by atoms with Crippen molar-refractivity contribution in [2.45, 2.75) is 30.9 Å². The highest BCUT2D eigenvalue weighted by molar-refractivity contribution is 7.91. The van der Waals surface area contributed by atoms with Crippen molar-refractivity contribution in [3.63, 3.8) is 0 Å². The van der Waals surface area contributed by atoms with Gasteiger partial charge in [-0.05, 0) is 12.8 Å². The zero-order valence-electron chi connectivity index (χ0n) is 11.6. The van der Waals surface area contributed by atoms with Gasteiger partial charge in [0.25, 0.3) is 5.69 Å². The van der Waals surface area contributed by atoms with Crippen LogP contribution in [0.2, 0.25) is 4.34 Å². The molecule has 0 spiro atoms. The molecule has 10 heteroatoms. The minimum atomic E-state index is -3.89. The van der Waals surface area contributed by atoms with E-state index in [-0.39, 0.29) is 21.7 Å². The van der Waals surface area contributed by atoms with Crippen LogP contribution in [0, 0.1) is 15.5 Å². The fourth-order valence-corrected chi connectivity index (χ4v) is 4.56. The summed E-state index contributed by atoms with van der Waals surface area (Å²) in [5, 5.41) is 20.1. The van der Waals surface area contributed by atoms with Crippen LogP contribution in [0.5, 0.6) is 0 Å². The second-order valence-electron chi connectivity index (χ2n) is 4.67. The van der Waals surface area contributed by atoms with Gasteiger partial charge in [0.05, 0.1) is 4.92 Å². The summed E-state index contributed by atoms with van der Waals surface area (Å²) >= 11 is 6.30. The van der Waals surface area contributed by atoms with Gasteiger partial charge >= 0.3 is 0 Å². The Morgan fingerprint density at radius 1 is 1.48 bits per heavy atom. The average molecular weight is 357 g/mol. The molecule has 7 nitrogen and oxygen atoms in total. The molecule has 1 rings (SSSR count). The lowest BCUT2D eigenvalue weighted by Crippen LogP contribution is -2.39. The first-order valence-electron chi connectivity index (χ1n) is 6.25. The topological polar surface area (TPSA) is 110 Å². The van der Waals surface area contributed by atoms with Gasteiger partial charge in [-0.15, -0.1) is 11.3 Å². The number of hydrogen-bond acceptors (Lipinski definition) is 6. The fourth-order valence-electron chi connectivity index (χ4n) is 1.69. The number of hydrogen-bond donors (Lipinski definition) is 2. The zero-order valence-corrected chi connectivity index (χ0v) is 14.0. The van der Waals surface area contributed by atoms with E-state index in [2.05, 4.69) is 4.72 Å². The van der Waals surface area contributed by atoms with Crippen LogP contribution in [-0.2, 0) is 10.0 Å². The second kappa shape index (κ2) is 7.01. The number of aliphatic hydroxyl groups excluding tert-OH is 1. The number of thiophene rings is 1. The number of halogens is 1. The molecule has 0 aliphatic heterocycles. The Hall–Kier alpha value is -0.740. The number of nitrogens with one attached hydrogen (secondary N) is 1. The first-order valence-corrected chi connectivity index (χ1v) is 8.93. The molecule has 1 aromatic heterocycles.